The molecule has 2 rings (SSSR count). The zero-order valence-electron chi connectivity index (χ0n) is 18.0. The molecule has 8 heteroatoms. The van der Waals surface area contributed by atoms with Gasteiger partial charge < -0.3 is 15.0 Å². The van der Waals surface area contributed by atoms with Crippen LogP contribution in [0.2, 0.25) is 0 Å². The van der Waals surface area contributed by atoms with Crippen LogP contribution in [0.5, 0.6) is 5.75 Å². The highest BCUT2D eigenvalue weighted by Gasteiger charge is 2.28. The summed E-state index contributed by atoms with van der Waals surface area (Å²) in [4.78, 5) is 14.7. The van der Waals surface area contributed by atoms with Gasteiger partial charge in [-0.05, 0) is 56.7 Å². The second-order valence-electron chi connectivity index (χ2n) is 7.06. The minimum absolute atomic E-state index is 0.336. The van der Waals surface area contributed by atoms with Gasteiger partial charge in [0.2, 0.25) is 15.9 Å². The van der Waals surface area contributed by atoms with Crippen LogP contribution >= 0.6 is 0 Å². The summed E-state index contributed by atoms with van der Waals surface area (Å²) in [5.74, 6) is 0.311. The van der Waals surface area contributed by atoms with Gasteiger partial charge in [-0.2, -0.15) is 0 Å². The van der Waals surface area contributed by atoms with E-state index >= 15 is 0 Å². The summed E-state index contributed by atoms with van der Waals surface area (Å²) in [6.45, 7) is 5.21. The highest BCUT2D eigenvalue weighted by Crippen LogP contribution is 2.24. The minimum Gasteiger partial charge on any atom is -0.494 e. The van der Waals surface area contributed by atoms with Gasteiger partial charge in [-0.1, -0.05) is 18.2 Å². The Balaban J connectivity index is 1.95. The zero-order valence-corrected chi connectivity index (χ0v) is 18.9. The van der Waals surface area contributed by atoms with Crippen molar-refractivity contribution in [1.82, 2.24) is 5.32 Å². The first-order valence-electron chi connectivity index (χ1n) is 10.00. The Labute approximate surface area is 179 Å². The summed E-state index contributed by atoms with van der Waals surface area (Å²) in [5, 5.41) is 2.85. The molecule has 30 heavy (non-hydrogen) atoms. The van der Waals surface area contributed by atoms with E-state index in [0.29, 0.717) is 24.6 Å². The maximum atomic E-state index is 12.6. The average molecular weight is 434 g/mol. The Hall–Kier alpha value is -2.74. The standard InChI is InChI=1S/C22H31N3O4S/c1-5-29-21-14-12-20(13-15-21)25(30(4,27)28)18(2)22(26)23-16-9-17-24(3)19-10-7-6-8-11-19/h6-8,10-15,18H,5,9,16-17H2,1-4H3,(H,23,26). The molecule has 0 aliphatic heterocycles. The highest BCUT2D eigenvalue weighted by molar-refractivity contribution is 7.92. The Morgan fingerprint density at radius 3 is 2.27 bits per heavy atom. The lowest BCUT2D eigenvalue weighted by atomic mass is 10.2. The summed E-state index contributed by atoms with van der Waals surface area (Å²) in [5.41, 5.74) is 1.53. The van der Waals surface area contributed by atoms with E-state index < -0.39 is 16.1 Å². The summed E-state index contributed by atoms with van der Waals surface area (Å²) in [7, 11) is -1.65. The van der Waals surface area contributed by atoms with E-state index in [0.717, 1.165) is 29.2 Å². The number of sulfonamides is 1. The van der Waals surface area contributed by atoms with Crippen LogP contribution in [0.4, 0.5) is 11.4 Å². The fourth-order valence-electron chi connectivity index (χ4n) is 3.15. The molecule has 0 bridgehead atoms. The topological polar surface area (TPSA) is 79.0 Å². The normalized spacial score (nSPS) is 12.1. The molecule has 1 N–H and O–H groups in total. The van der Waals surface area contributed by atoms with E-state index in [1.807, 2.05) is 44.3 Å². The fourth-order valence-corrected chi connectivity index (χ4v) is 4.33. The first-order valence-corrected chi connectivity index (χ1v) is 11.8. The predicted molar refractivity (Wildman–Crippen MR) is 122 cm³/mol. The number of nitrogens with one attached hydrogen (secondary N) is 1. The molecule has 2 aromatic rings. The zero-order chi connectivity index (χ0) is 22.1. The number of rotatable bonds is 11. The molecule has 0 spiro atoms. The molecule has 0 aliphatic carbocycles. The van der Waals surface area contributed by atoms with Crippen LogP contribution in [0.25, 0.3) is 0 Å². The summed E-state index contributed by atoms with van der Waals surface area (Å²) in [6.07, 6.45) is 1.84. The van der Waals surface area contributed by atoms with Crippen LogP contribution in [-0.2, 0) is 14.8 Å². The second kappa shape index (κ2) is 10.9. The van der Waals surface area contributed by atoms with Crippen molar-refractivity contribution in [3.05, 3.63) is 54.6 Å². The van der Waals surface area contributed by atoms with Gasteiger partial charge in [0.15, 0.2) is 0 Å². The number of amides is 1. The van der Waals surface area contributed by atoms with Crippen LogP contribution in [0.3, 0.4) is 0 Å². The number of carbonyl (C=O) groups is 1. The number of hydrogen-bond acceptors (Lipinski definition) is 5. The van der Waals surface area contributed by atoms with Crippen LogP contribution in [0, 0.1) is 0 Å². The molecule has 164 valence electrons. The molecule has 1 unspecified atom stereocenters. The maximum absolute atomic E-state index is 12.6. The molecule has 1 amide bonds. The van der Waals surface area contributed by atoms with Gasteiger partial charge in [-0.3, -0.25) is 9.10 Å². The maximum Gasteiger partial charge on any atom is 0.243 e. The number of nitrogens with zero attached hydrogens (tertiary/aromatic N) is 2. The van der Waals surface area contributed by atoms with Crippen molar-refractivity contribution in [3.8, 4) is 5.75 Å². The summed E-state index contributed by atoms with van der Waals surface area (Å²) < 4.78 is 31.3. The van der Waals surface area contributed by atoms with Gasteiger partial charge in [0.05, 0.1) is 18.6 Å². The van der Waals surface area contributed by atoms with Gasteiger partial charge in [0, 0.05) is 25.8 Å². The predicted octanol–water partition coefficient (Wildman–Crippen LogP) is 2.88. The van der Waals surface area contributed by atoms with Crippen molar-refractivity contribution in [1.29, 1.82) is 0 Å². The smallest absolute Gasteiger partial charge is 0.243 e. The van der Waals surface area contributed by atoms with Crippen LogP contribution in [0.15, 0.2) is 54.6 Å². The third kappa shape index (κ3) is 6.66. The van der Waals surface area contributed by atoms with Crippen LogP contribution in [0.1, 0.15) is 20.3 Å². The van der Waals surface area contributed by atoms with Gasteiger partial charge >= 0.3 is 0 Å². The molecule has 0 saturated carbocycles. The fraction of sp³-hybridized carbons (Fsp3) is 0.409. The Morgan fingerprint density at radius 1 is 1.07 bits per heavy atom. The summed E-state index contributed by atoms with van der Waals surface area (Å²) >= 11 is 0. The largest absolute Gasteiger partial charge is 0.494 e. The highest BCUT2D eigenvalue weighted by atomic mass is 32.2. The quantitative estimate of drug-likeness (QED) is 0.551. The molecular formula is C22H31N3O4S. The number of hydrogen-bond donors (Lipinski definition) is 1. The van der Waals surface area contributed by atoms with Crippen molar-refractivity contribution in [3.63, 3.8) is 0 Å². The van der Waals surface area contributed by atoms with Crippen molar-refractivity contribution in [2.45, 2.75) is 26.3 Å². The molecule has 0 saturated heterocycles. The van der Waals surface area contributed by atoms with E-state index in [-0.39, 0.29) is 5.91 Å². The number of para-hydroxylation sites is 1. The third-order valence-electron chi connectivity index (χ3n) is 4.66. The molecular weight excluding hydrogens is 402 g/mol. The van der Waals surface area contributed by atoms with E-state index in [1.165, 1.54) is 0 Å². The van der Waals surface area contributed by atoms with E-state index in [2.05, 4.69) is 10.2 Å². The van der Waals surface area contributed by atoms with E-state index in [4.69, 9.17) is 4.74 Å². The first kappa shape index (κ1) is 23.5. The lowest BCUT2D eigenvalue weighted by molar-refractivity contribution is -0.121. The molecule has 1 atom stereocenters. The van der Waals surface area contributed by atoms with Gasteiger partial charge in [0.25, 0.3) is 0 Å². The number of benzene rings is 2. The van der Waals surface area contributed by atoms with Crippen molar-refractivity contribution < 1.29 is 17.9 Å². The second-order valence-corrected chi connectivity index (χ2v) is 8.92. The Kier molecular flexibility index (Phi) is 8.53. The Bertz CT molecular complexity index is 902. The Morgan fingerprint density at radius 2 is 1.70 bits per heavy atom. The lowest BCUT2D eigenvalue weighted by Gasteiger charge is -2.28. The summed E-state index contributed by atoms with van der Waals surface area (Å²) in [6, 6.07) is 15.8. The van der Waals surface area contributed by atoms with Crippen LogP contribution in [-0.4, -0.2) is 53.4 Å². The van der Waals surface area contributed by atoms with Gasteiger partial charge in [-0.25, -0.2) is 8.42 Å². The molecule has 7 nitrogen and oxygen atoms in total. The van der Waals surface area contributed by atoms with Gasteiger partial charge in [-0.15, -0.1) is 0 Å². The number of anilines is 2. The minimum atomic E-state index is -3.64. The van der Waals surface area contributed by atoms with Crippen molar-refractivity contribution in [2.24, 2.45) is 0 Å². The van der Waals surface area contributed by atoms with E-state index in [9.17, 15) is 13.2 Å². The van der Waals surface area contributed by atoms with Crippen molar-refractivity contribution in [2.75, 3.05) is 42.2 Å². The lowest BCUT2D eigenvalue weighted by Crippen LogP contribution is -2.48. The molecule has 0 heterocycles. The first-order chi connectivity index (χ1) is 14.2. The number of carbonyl (C=O) groups excluding carboxylic acids is 1. The van der Waals surface area contributed by atoms with Crippen molar-refractivity contribution >= 4 is 27.3 Å². The average Bonchev–Trinajstić information content (AvgIpc) is 2.72. The van der Waals surface area contributed by atoms with Crippen LogP contribution < -0.4 is 19.3 Å². The monoisotopic (exact) mass is 433 g/mol. The molecule has 0 fully saturated rings. The molecule has 2 aromatic carbocycles. The van der Waals surface area contributed by atoms with E-state index in [1.54, 1.807) is 31.2 Å². The van der Waals surface area contributed by atoms with Gasteiger partial charge in [0.1, 0.15) is 11.8 Å². The molecule has 0 aromatic heterocycles. The SMILES string of the molecule is CCOc1ccc(N(C(C)C(=O)NCCCN(C)c2ccccc2)S(C)(=O)=O)cc1. The number of ether oxygens (including phenoxy) is 1. The molecule has 0 aliphatic rings. The third-order valence-corrected chi connectivity index (χ3v) is 5.90. The molecule has 0 radical (unpaired) electrons.